The summed E-state index contributed by atoms with van der Waals surface area (Å²) in [6.07, 6.45) is -0.771. The lowest BCUT2D eigenvalue weighted by Crippen LogP contribution is -2.32. The normalized spacial score (nSPS) is 41.1. The van der Waals surface area contributed by atoms with Gasteiger partial charge >= 0.3 is 0 Å². The van der Waals surface area contributed by atoms with Crippen molar-refractivity contribution in [3.05, 3.63) is 0 Å². The second kappa shape index (κ2) is 2.50. The quantitative estimate of drug-likeness (QED) is 0.550. The molecule has 10 heavy (non-hydrogen) atoms. The van der Waals surface area contributed by atoms with Crippen LogP contribution in [0.1, 0.15) is 20.8 Å². The zero-order valence-corrected chi connectivity index (χ0v) is 6.86. The van der Waals surface area contributed by atoms with Gasteiger partial charge in [-0.15, -0.1) is 0 Å². The monoisotopic (exact) mass is 146 g/mol. The van der Waals surface area contributed by atoms with E-state index < -0.39 is 6.17 Å². The molecule has 1 aliphatic heterocycles. The van der Waals surface area contributed by atoms with Crippen LogP contribution in [0.2, 0.25) is 0 Å². The van der Waals surface area contributed by atoms with Crippen molar-refractivity contribution in [2.75, 3.05) is 13.2 Å². The van der Waals surface area contributed by atoms with Crippen LogP contribution in [0, 0.1) is 11.3 Å². The van der Waals surface area contributed by atoms with Crippen LogP contribution >= 0.6 is 0 Å². The molecule has 0 bridgehead atoms. The van der Waals surface area contributed by atoms with Crippen molar-refractivity contribution in [3.63, 3.8) is 0 Å². The van der Waals surface area contributed by atoms with Crippen molar-refractivity contribution in [1.82, 2.24) is 0 Å². The first kappa shape index (κ1) is 7.99. The molecule has 1 fully saturated rings. The van der Waals surface area contributed by atoms with E-state index in [-0.39, 0.29) is 12.0 Å². The molecule has 0 N–H and O–H groups in total. The van der Waals surface area contributed by atoms with Gasteiger partial charge in [-0.25, -0.2) is 4.39 Å². The van der Waals surface area contributed by atoms with Crippen molar-refractivity contribution in [1.29, 1.82) is 0 Å². The van der Waals surface area contributed by atoms with E-state index in [1.807, 2.05) is 20.8 Å². The minimum Gasteiger partial charge on any atom is -0.378 e. The molecule has 1 nitrogen and oxygen atoms in total. The number of halogens is 1. The molecule has 0 radical (unpaired) electrons. The minimum atomic E-state index is -0.771. The summed E-state index contributed by atoms with van der Waals surface area (Å²) in [4.78, 5) is 0. The summed E-state index contributed by atoms with van der Waals surface area (Å²) in [5, 5.41) is 0. The van der Waals surface area contributed by atoms with E-state index in [1.165, 1.54) is 0 Å². The van der Waals surface area contributed by atoms with Crippen LogP contribution in [0.5, 0.6) is 0 Å². The average Bonchev–Trinajstić information content (AvgIpc) is 2.15. The zero-order chi connectivity index (χ0) is 7.78. The van der Waals surface area contributed by atoms with Crippen molar-refractivity contribution < 1.29 is 9.13 Å². The van der Waals surface area contributed by atoms with Gasteiger partial charge in [-0.3, -0.25) is 0 Å². The topological polar surface area (TPSA) is 9.23 Å². The highest BCUT2D eigenvalue weighted by atomic mass is 19.1. The second-order valence-electron chi connectivity index (χ2n) is 3.64. The third-order valence-corrected chi connectivity index (χ3v) is 2.71. The van der Waals surface area contributed by atoms with Crippen LogP contribution in [-0.2, 0) is 4.74 Å². The standard InChI is InChI=1S/C8H15FO/c1-6(2)8(3)5-10-4-7(8)9/h6-7H,4-5H2,1-3H3. The number of rotatable bonds is 1. The molecule has 1 aliphatic rings. The summed E-state index contributed by atoms with van der Waals surface area (Å²) >= 11 is 0. The predicted molar refractivity (Wildman–Crippen MR) is 38.7 cm³/mol. The summed E-state index contributed by atoms with van der Waals surface area (Å²) in [7, 11) is 0. The van der Waals surface area contributed by atoms with Gasteiger partial charge in [0.1, 0.15) is 6.17 Å². The van der Waals surface area contributed by atoms with Gasteiger partial charge in [-0.05, 0) is 5.92 Å². The largest absolute Gasteiger partial charge is 0.378 e. The molecular formula is C8H15FO. The van der Waals surface area contributed by atoms with Gasteiger partial charge in [-0.1, -0.05) is 20.8 Å². The third kappa shape index (κ3) is 1.05. The third-order valence-electron chi connectivity index (χ3n) is 2.71. The number of alkyl halides is 1. The first-order valence-electron chi connectivity index (χ1n) is 3.79. The van der Waals surface area contributed by atoms with Gasteiger partial charge in [0.15, 0.2) is 0 Å². The van der Waals surface area contributed by atoms with E-state index in [2.05, 4.69) is 0 Å². The molecule has 0 aliphatic carbocycles. The molecule has 0 aromatic heterocycles. The van der Waals surface area contributed by atoms with Crippen LogP contribution in [0.3, 0.4) is 0 Å². The van der Waals surface area contributed by atoms with Crippen molar-refractivity contribution in [2.24, 2.45) is 11.3 Å². The smallest absolute Gasteiger partial charge is 0.131 e. The highest BCUT2D eigenvalue weighted by Gasteiger charge is 2.42. The molecular weight excluding hydrogens is 131 g/mol. The van der Waals surface area contributed by atoms with Crippen LogP contribution < -0.4 is 0 Å². The lowest BCUT2D eigenvalue weighted by atomic mass is 9.77. The summed E-state index contributed by atoms with van der Waals surface area (Å²) in [6.45, 7) is 6.90. The Bertz CT molecular complexity index is 124. The maximum Gasteiger partial charge on any atom is 0.131 e. The Balaban J connectivity index is 2.66. The number of hydrogen-bond acceptors (Lipinski definition) is 1. The second-order valence-corrected chi connectivity index (χ2v) is 3.64. The van der Waals surface area contributed by atoms with E-state index in [4.69, 9.17) is 4.74 Å². The first-order valence-corrected chi connectivity index (χ1v) is 3.79. The highest BCUT2D eigenvalue weighted by molar-refractivity contribution is 4.89. The van der Waals surface area contributed by atoms with E-state index >= 15 is 0 Å². The molecule has 2 heteroatoms. The van der Waals surface area contributed by atoms with Crippen LogP contribution in [-0.4, -0.2) is 19.4 Å². The molecule has 2 atom stereocenters. The van der Waals surface area contributed by atoms with Crippen molar-refractivity contribution in [3.8, 4) is 0 Å². The van der Waals surface area contributed by atoms with Gasteiger partial charge in [0.25, 0.3) is 0 Å². The van der Waals surface area contributed by atoms with Crippen LogP contribution in [0.4, 0.5) is 4.39 Å². The molecule has 0 aromatic rings. The summed E-state index contributed by atoms with van der Waals surface area (Å²) in [5.41, 5.74) is -0.236. The molecule has 60 valence electrons. The van der Waals surface area contributed by atoms with E-state index in [0.29, 0.717) is 12.5 Å². The average molecular weight is 146 g/mol. The zero-order valence-electron chi connectivity index (χ0n) is 6.86. The Hall–Kier alpha value is -0.110. The number of hydrogen-bond donors (Lipinski definition) is 0. The maximum absolute atomic E-state index is 13.1. The van der Waals surface area contributed by atoms with Crippen molar-refractivity contribution >= 4 is 0 Å². The molecule has 0 amide bonds. The Morgan fingerprint density at radius 1 is 1.60 bits per heavy atom. The van der Waals surface area contributed by atoms with Crippen LogP contribution in [0.15, 0.2) is 0 Å². The minimum absolute atomic E-state index is 0.236. The van der Waals surface area contributed by atoms with Gasteiger partial charge in [0.2, 0.25) is 0 Å². The van der Waals surface area contributed by atoms with Gasteiger partial charge in [-0.2, -0.15) is 0 Å². The maximum atomic E-state index is 13.1. The Morgan fingerprint density at radius 2 is 2.20 bits per heavy atom. The fourth-order valence-corrected chi connectivity index (χ4v) is 1.19. The number of ether oxygens (including phenoxy) is 1. The van der Waals surface area contributed by atoms with E-state index in [1.54, 1.807) is 0 Å². The molecule has 1 heterocycles. The van der Waals surface area contributed by atoms with Gasteiger partial charge < -0.3 is 4.74 Å². The molecule has 1 saturated heterocycles. The first-order chi connectivity index (χ1) is 4.57. The fourth-order valence-electron chi connectivity index (χ4n) is 1.19. The van der Waals surface area contributed by atoms with Crippen LogP contribution in [0.25, 0.3) is 0 Å². The summed E-state index contributed by atoms with van der Waals surface area (Å²) in [5.74, 6) is 0.366. The fraction of sp³-hybridized carbons (Fsp3) is 1.00. The lowest BCUT2D eigenvalue weighted by molar-refractivity contribution is 0.110. The highest BCUT2D eigenvalue weighted by Crippen LogP contribution is 2.37. The SMILES string of the molecule is CC(C)C1(C)COCC1F. The molecule has 1 rings (SSSR count). The molecule has 2 unspecified atom stereocenters. The van der Waals surface area contributed by atoms with Gasteiger partial charge in [0.05, 0.1) is 13.2 Å². The predicted octanol–water partition coefficient (Wildman–Crippen LogP) is 2.02. The van der Waals surface area contributed by atoms with E-state index in [9.17, 15) is 4.39 Å². The van der Waals surface area contributed by atoms with Crippen molar-refractivity contribution in [2.45, 2.75) is 26.9 Å². The summed E-state index contributed by atoms with van der Waals surface area (Å²) < 4.78 is 18.2. The Labute approximate surface area is 61.6 Å². The molecule has 0 aromatic carbocycles. The lowest BCUT2D eigenvalue weighted by Gasteiger charge is -2.28. The Kier molecular flexibility index (Phi) is 1.99. The molecule has 0 saturated carbocycles. The van der Waals surface area contributed by atoms with Gasteiger partial charge in [0, 0.05) is 5.41 Å². The Morgan fingerprint density at radius 3 is 2.40 bits per heavy atom. The van der Waals surface area contributed by atoms with E-state index in [0.717, 1.165) is 0 Å². The molecule has 0 spiro atoms. The summed E-state index contributed by atoms with van der Waals surface area (Å²) in [6, 6.07) is 0.